The van der Waals surface area contributed by atoms with Crippen LogP contribution >= 0.6 is 0 Å². The van der Waals surface area contributed by atoms with Gasteiger partial charge < -0.3 is 4.57 Å². The number of aryl methyl sites for hydroxylation is 2. The van der Waals surface area contributed by atoms with E-state index in [1.807, 2.05) is 36.7 Å². The highest BCUT2D eigenvalue weighted by Crippen LogP contribution is 2.13. The van der Waals surface area contributed by atoms with E-state index in [0.29, 0.717) is 5.39 Å². The molecule has 0 amide bonds. The number of Topliss-reactive ketones (excluding diaryl/α,β-unsaturated/α-hetero) is 1. The van der Waals surface area contributed by atoms with Gasteiger partial charge in [-0.05, 0) is 26.0 Å². The Bertz CT molecular complexity index is 638. The lowest BCUT2D eigenvalue weighted by Crippen LogP contribution is -2.16. The summed E-state index contributed by atoms with van der Waals surface area (Å²) in [5, 5.41) is 0.607. The first kappa shape index (κ1) is 10.6. The van der Waals surface area contributed by atoms with Crippen molar-refractivity contribution in [1.82, 2.24) is 4.57 Å². The summed E-state index contributed by atoms with van der Waals surface area (Å²) in [4.78, 5) is 23.4. The molecule has 0 spiro atoms. The van der Waals surface area contributed by atoms with E-state index in [9.17, 15) is 9.59 Å². The van der Waals surface area contributed by atoms with Crippen LogP contribution < -0.4 is 5.43 Å². The van der Waals surface area contributed by atoms with Gasteiger partial charge in [0, 0.05) is 18.6 Å². The Morgan fingerprint density at radius 3 is 2.62 bits per heavy atom. The summed E-state index contributed by atoms with van der Waals surface area (Å²) in [7, 11) is 1.84. The summed E-state index contributed by atoms with van der Waals surface area (Å²) in [6, 6.07) is 5.68. The molecule has 1 aromatic heterocycles. The third-order valence-electron chi connectivity index (χ3n) is 2.72. The van der Waals surface area contributed by atoms with Gasteiger partial charge >= 0.3 is 0 Å². The van der Waals surface area contributed by atoms with Crippen LogP contribution in [-0.4, -0.2) is 10.4 Å². The zero-order valence-electron chi connectivity index (χ0n) is 9.57. The van der Waals surface area contributed by atoms with Crippen molar-refractivity contribution >= 4 is 16.7 Å². The monoisotopic (exact) mass is 215 g/mol. The normalized spacial score (nSPS) is 10.7. The van der Waals surface area contributed by atoms with Gasteiger partial charge in [0.15, 0.2) is 11.2 Å². The number of fused-ring (bicyclic) bond motifs is 1. The molecule has 0 N–H and O–H groups in total. The number of pyridine rings is 1. The molecular formula is C13H13NO2. The average molecular weight is 215 g/mol. The van der Waals surface area contributed by atoms with Gasteiger partial charge in [-0.25, -0.2) is 0 Å². The minimum atomic E-state index is -0.191. The third kappa shape index (κ3) is 1.54. The van der Waals surface area contributed by atoms with Crippen LogP contribution in [0.25, 0.3) is 10.9 Å². The summed E-state index contributed by atoms with van der Waals surface area (Å²) < 4.78 is 1.81. The highest BCUT2D eigenvalue weighted by Gasteiger charge is 2.10. The fourth-order valence-electron chi connectivity index (χ4n) is 1.86. The molecule has 1 heterocycles. The van der Waals surface area contributed by atoms with E-state index in [4.69, 9.17) is 0 Å². The molecule has 0 saturated heterocycles. The molecule has 0 aliphatic heterocycles. The second kappa shape index (κ2) is 3.59. The molecule has 16 heavy (non-hydrogen) atoms. The van der Waals surface area contributed by atoms with Gasteiger partial charge in [-0.15, -0.1) is 0 Å². The Hall–Kier alpha value is -1.90. The van der Waals surface area contributed by atoms with Gasteiger partial charge in [-0.3, -0.25) is 9.59 Å². The molecule has 3 nitrogen and oxygen atoms in total. The van der Waals surface area contributed by atoms with Gasteiger partial charge in [0.25, 0.3) is 0 Å². The number of carbonyl (C=O) groups excluding carboxylic acids is 1. The number of hydrogen-bond donors (Lipinski definition) is 0. The van der Waals surface area contributed by atoms with E-state index >= 15 is 0 Å². The van der Waals surface area contributed by atoms with Crippen molar-refractivity contribution < 1.29 is 4.79 Å². The van der Waals surface area contributed by atoms with Crippen LogP contribution in [-0.2, 0) is 7.05 Å². The topological polar surface area (TPSA) is 39.1 Å². The predicted octanol–water partition coefficient (Wildman–Crippen LogP) is 2.05. The number of rotatable bonds is 1. The average Bonchev–Trinajstić information content (AvgIpc) is 2.22. The second-order valence-electron chi connectivity index (χ2n) is 4.06. The minimum Gasteiger partial charge on any atom is -0.350 e. The van der Waals surface area contributed by atoms with Gasteiger partial charge in [0.2, 0.25) is 0 Å². The van der Waals surface area contributed by atoms with Crippen molar-refractivity contribution in [2.45, 2.75) is 13.8 Å². The zero-order valence-corrected chi connectivity index (χ0v) is 9.57. The smallest absolute Gasteiger partial charge is 0.200 e. The maximum Gasteiger partial charge on any atom is 0.200 e. The molecule has 0 atom stereocenters. The van der Waals surface area contributed by atoms with Crippen molar-refractivity contribution in [3.05, 3.63) is 45.7 Å². The Kier molecular flexibility index (Phi) is 2.38. The number of nitrogens with zero attached hydrogens (tertiary/aromatic N) is 1. The van der Waals surface area contributed by atoms with Crippen LogP contribution in [0.4, 0.5) is 0 Å². The number of aromatic nitrogens is 1. The largest absolute Gasteiger partial charge is 0.350 e. The SMILES string of the molecule is CC(=O)c1cn(C)c2ccc(C)cc2c1=O. The first-order valence-electron chi connectivity index (χ1n) is 5.11. The van der Waals surface area contributed by atoms with Crippen molar-refractivity contribution in [3.63, 3.8) is 0 Å². The van der Waals surface area contributed by atoms with E-state index in [2.05, 4.69) is 0 Å². The molecule has 0 saturated carbocycles. The Balaban J connectivity index is 2.98. The lowest BCUT2D eigenvalue weighted by atomic mass is 10.1. The number of ketones is 1. The molecule has 0 bridgehead atoms. The van der Waals surface area contributed by atoms with Gasteiger partial charge in [-0.2, -0.15) is 0 Å². The van der Waals surface area contributed by atoms with Crippen LogP contribution in [0.3, 0.4) is 0 Å². The maximum absolute atomic E-state index is 12.0. The highest BCUT2D eigenvalue weighted by atomic mass is 16.1. The maximum atomic E-state index is 12.0. The van der Waals surface area contributed by atoms with Gasteiger partial charge in [0.05, 0.1) is 11.1 Å². The summed E-state index contributed by atoms with van der Waals surface area (Å²) in [6.45, 7) is 3.34. The third-order valence-corrected chi connectivity index (χ3v) is 2.72. The summed E-state index contributed by atoms with van der Waals surface area (Å²) in [5.74, 6) is -0.191. The van der Waals surface area contributed by atoms with E-state index in [1.54, 1.807) is 6.20 Å². The first-order valence-corrected chi connectivity index (χ1v) is 5.11. The lowest BCUT2D eigenvalue weighted by Gasteiger charge is -2.07. The van der Waals surface area contributed by atoms with Crippen LogP contribution in [0, 0.1) is 6.92 Å². The molecule has 0 fully saturated rings. The Morgan fingerprint density at radius 1 is 1.31 bits per heavy atom. The van der Waals surface area contributed by atoms with E-state index in [0.717, 1.165) is 11.1 Å². The number of carbonyl (C=O) groups is 1. The van der Waals surface area contributed by atoms with E-state index < -0.39 is 0 Å². The molecule has 0 aliphatic rings. The van der Waals surface area contributed by atoms with Crippen molar-refractivity contribution in [3.8, 4) is 0 Å². The van der Waals surface area contributed by atoms with Crippen molar-refractivity contribution in [2.24, 2.45) is 7.05 Å². The van der Waals surface area contributed by atoms with E-state index in [1.165, 1.54) is 6.92 Å². The van der Waals surface area contributed by atoms with Gasteiger partial charge in [0.1, 0.15) is 0 Å². The molecule has 2 aromatic rings. The molecule has 1 aromatic carbocycles. The minimum absolute atomic E-state index is 0.177. The molecule has 0 aliphatic carbocycles. The van der Waals surface area contributed by atoms with Crippen LogP contribution in [0.2, 0.25) is 0 Å². The summed E-state index contributed by atoms with van der Waals surface area (Å²) in [6.07, 6.45) is 1.60. The highest BCUT2D eigenvalue weighted by molar-refractivity contribution is 5.97. The Labute approximate surface area is 93.3 Å². The first-order chi connectivity index (χ1) is 7.50. The summed E-state index contributed by atoms with van der Waals surface area (Å²) >= 11 is 0. The second-order valence-corrected chi connectivity index (χ2v) is 4.06. The predicted molar refractivity (Wildman–Crippen MR) is 63.9 cm³/mol. The quantitative estimate of drug-likeness (QED) is 0.683. The van der Waals surface area contributed by atoms with Gasteiger partial charge in [-0.1, -0.05) is 11.6 Å². The summed E-state index contributed by atoms with van der Waals surface area (Å²) in [5.41, 5.74) is 1.94. The molecule has 0 unspecified atom stereocenters. The number of benzene rings is 1. The van der Waals surface area contributed by atoms with Crippen LogP contribution in [0.15, 0.2) is 29.2 Å². The molecule has 2 rings (SSSR count). The Morgan fingerprint density at radius 2 is 2.00 bits per heavy atom. The van der Waals surface area contributed by atoms with Crippen molar-refractivity contribution in [2.75, 3.05) is 0 Å². The molecule has 0 radical (unpaired) electrons. The van der Waals surface area contributed by atoms with Crippen LogP contribution in [0.5, 0.6) is 0 Å². The molecular weight excluding hydrogens is 202 g/mol. The fraction of sp³-hybridized carbons (Fsp3) is 0.231. The fourth-order valence-corrected chi connectivity index (χ4v) is 1.86. The van der Waals surface area contributed by atoms with E-state index in [-0.39, 0.29) is 16.8 Å². The molecule has 3 heteroatoms. The standard InChI is InChI=1S/C13H13NO2/c1-8-4-5-12-10(6-8)13(16)11(9(2)15)7-14(12)3/h4-7H,1-3H3. The van der Waals surface area contributed by atoms with Crippen LogP contribution in [0.1, 0.15) is 22.8 Å². The molecule has 82 valence electrons. The zero-order chi connectivity index (χ0) is 11.9. The van der Waals surface area contributed by atoms with Crippen molar-refractivity contribution in [1.29, 1.82) is 0 Å². The number of hydrogen-bond acceptors (Lipinski definition) is 2. The lowest BCUT2D eigenvalue weighted by molar-refractivity contribution is 0.101.